The molecule has 0 radical (unpaired) electrons. The Labute approximate surface area is 129 Å². The molecule has 1 aromatic rings. The van der Waals surface area contributed by atoms with E-state index in [1.165, 1.54) is 23.1 Å². The Hall–Kier alpha value is -1.06. The first-order valence-electron chi connectivity index (χ1n) is 8.22. The third-order valence-corrected chi connectivity index (χ3v) is 4.08. The van der Waals surface area contributed by atoms with Crippen molar-refractivity contribution < 1.29 is 9.47 Å². The highest BCUT2D eigenvalue weighted by atomic mass is 16.5. The minimum Gasteiger partial charge on any atom is -0.493 e. The Morgan fingerprint density at radius 2 is 1.86 bits per heavy atom. The molecule has 1 saturated heterocycles. The van der Waals surface area contributed by atoms with Crippen LogP contribution in [0, 0.1) is 19.8 Å². The molecule has 0 unspecified atom stereocenters. The van der Waals surface area contributed by atoms with Crippen molar-refractivity contribution in [2.75, 3.05) is 26.4 Å². The van der Waals surface area contributed by atoms with Crippen molar-refractivity contribution >= 4 is 0 Å². The van der Waals surface area contributed by atoms with E-state index < -0.39 is 0 Å². The van der Waals surface area contributed by atoms with Gasteiger partial charge in [-0.1, -0.05) is 19.1 Å². The van der Waals surface area contributed by atoms with Gasteiger partial charge in [0.15, 0.2) is 0 Å². The third kappa shape index (κ3) is 5.01. The topological polar surface area (TPSA) is 30.5 Å². The lowest BCUT2D eigenvalue weighted by molar-refractivity contribution is 0.0495. The minimum absolute atomic E-state index is 0.642. The van der Waals surface area contributed by atoms with Gasteiger partial charge >= 0.3 is 0 Å². The molecule has 3 heteroatoms. The highest BCUT2D eigenvalue weighted by molar-refractivity contribution is 5.43. The number of aryl methyl sites for hydroxylation is 2. The Kier molecular flexibility index (Phi) is 6.52. The molecule has 1 aliphatic rings. The molecule has 0 aliphatic carbocycles. The molecule has 0 atom stereocenters. The number of ether oxygens (including phenoxy) is 2. The molecular formula is C18H29NO2. The Morgan fingerprint density at radius 3 is 2.48 bits per heavy atom. The normalized spacial score (nSPS) is 16.1. The van der Waals surface area contributed by atoms with Gasteiger partial charge in [-0.15, -0.1) is 0 Å². The van der Waals surface area contributed by atoms with E-state index in [1.807, 2.05) is 0 Å². The number of hydrogen-bond acceptors (Lipinski definition) is 3. The predicted molar refractivity (Wildman–Crippen MR) is 87.0 cm³/mol. The first-order valence-corrected chi connectivity index (χ1v) is 8.22. The summed E-state index contributed by atoms with van der Waals surface area (Å²) in [6.07, 6.45) is 3.42. The molecule has 1 aromatic carbocycles. The fraction of sp³-hybridized carbons (Fsp3) is 0.667. The minimum atomic E-state index is 0.642. The molecule has 1 fully saturated rings. The molecule has 21 heavy (non-hydrogen) atoms. The summed E-state index contributed by atoms with van der Waals surface area (Å²) in [4.78, 5) is 0. The second-order valence-electron chi connectivity index (χ2n) is 6.10. The monoisotopic (exact) mass is 291 g/mol. The number of nitrogens with one attached hydrogen (secondary N) is 1. The van der Waals surface area contributed by atoms with E-state index in [-0.39, 0.29) is 0 Å². The lowest BCUT2D eigenvalue weighted by Crippen LogP contribution is -2.22. The van der Waals surface area contributed by atoms with Crippen LogP contribution in [-0.2, 0) is 11.3 Å². The summed E-state index contributed by atoms with van der Waals surface area (Å²) in [6.45, 7) is 11.1. The van der Waals surface area contributed by atoms with Crippen molar-refractivity contribution in [2.24, 2.45) is 5.92 Å². The molecule has 0 aromatic heterocycles. The van der Waals surface area contributed by atoms with E-state index in [4.69, 9.17) is 9.47 Å². The summed E-state index contributed by atoms with van der Waals surface area (Å²) in [7, 11) is 0. The molecule has 0 bridgehead atoms. The van der Waals surface area contributed by atoms with Gasteiger partial charge in [0.2, 0.25) is 0 Å². The van der Waals surface area contributed by atoms with Gasteiger partial charge in [0, 0.05) is 19.8 Å². The van der Waals surface area contributed by atoms with Crippen molar-refractivity contribution in [1.29, 1.82) is 0 Å². The Morgan fingerprint density at radius 1 is 1.19 bits per heavy atom. The molecule has 0 spiro atoms. The van der Waals surface area contributed by atoms with Gasteiger partial charge in [-0.05, 0) is 62.3 Å². The van der Waals surface area contributed by atoms with Crippen LogP contribution in [0.5, 0.6) is 5.75 Å². The molecule has 0 amide bonds. The van der Waals surface area contributed by atoms with Gasteiger partial charge in [-0.2, -0.15) is 0 Å². The van der Waals surface area contributed by atoms with Crippen molar-refractivity contribution in [3.8, 4) is 5.75 Å². The number of rotatable bonds is 7. The maximum absolute atomic E-state index is 6.11. The lowest BCUT2D eigenvalue weighted by Gasteiger charge is -2.23. The predicted octanol–water partition coefficient (Wildman–Crippen LogP) is 3.61. The highest BCUT2D eigenvalue weighted by Crippen LogP contribution is 2.26. The smallest absolute Gasteiger partial charge is 0.125 e. The Bertz CT molecular complexity index is 416. The lowest BCUT2D eigenvalue weighted by atomic mass is 10.0. The van der Waals surface area contributed by atoms with Gasteiger partial charge < -0.3 is 14.8 Å². The van der Waals surface area contributed by atoms with Crippen LogP contribution in [0.15, 0.2) is 12.1 Å². The van der Waals surface area contributed by atoms with Gasteiger partial charge in [0.05, 0.1) is 6.61 Å². The Balaban J connectivity index is 1.92. The van der Waals surface area contributed by atoms with Crippen LogP contribution in [0.4, 0.5) is 0 Å². The van der Waals surface area contributed by atoms with Gasteiger partial charge in [0.25, 0.3) is 0 Å². The van der Waals surface area contributed by atoms with E-state index in [0.717, 1.165) is 51.5 Å². The van der Waals surface area contributed by atoms with Crippen LogP contribution in [0.1, 0.15) is 42.9 Å². The van der Waals surface area contributed by atoms with E-state index in [0.29, 0.717) is 5.92 Å². The molecule has 2 rings (SSSR count). The zero-order chi connectivity index (χ0) is 15.1. The van der Waals surface area contributed by atoms with Gasteiger partial charge in [-0.3, -0.25) is 0 Å². The summed E-state index contributed by atoms with van der Waals surface area (Å²) < 4.78 is 11.5. The fourth-order valence-electron chi connectivity index (χ4n) is 2.89. The van der Waals surface area contributed by atoms with E-state index in [2.05, 4.69) is 38.2 Å². The molecule has 1 heterocycles. The highest BCUT2D eigenvalue weighted by Gasteiger charge is 2.15. The quantitative estimate of drug-likeness (QED) is 0.779. The molecule has 1 N–H and O–H groups in total. The summed E-state index contributed by atoms with van der Waals surface area (Å²) in [5, 5.41) is 3.45. The van der Waals surface area contributed by atoms with Crippen molar-refractivity contribution in [3.63, 3.8) is 0 Å². The second kappa shape index (κ2) is 8.40. The SMILES string of the molecule is CCCNCc1cc(C)c(OCC2CCOCC2)c(C)c1. The standard InChI is InChI=1S/C18H29NO2/c1-4-7-19-12-17-10-14(2)18(15(3)11-17)21-13-16-5-8-20-9-6-16/h10-11,16,19H,4-9,12-13H2,1-3H3. The first kappa shape index (κ1) is 16.3. The van der Waals surface area contributed by atoms with Gasteiger partial charge in [0.1, 0.15) is 5.75 Å². The maximum Gasteiger partial charge on any atom is 0.125 e. The maximum atomic E-state index is 6.11. The zero-order valence-corrected chi connectivity index (χ0v) is 13.7. The van der Waals surface area contributed by atoms with Crippen LogP contribution < -0.4 is 10.1 Å². The fourth-order valence-corrected chi connectivity index (χ4v) is 2.89. The largest absolute Gasteiger partial charge is 0.493 e. The third-order valence-electron chi connectivity index (χ3n) is 4.08. The van der Waals surface area contributed by atoms with Crippen molar-refractivity contribution in [2.45, 2.75) is 46.6 Å². The second-order valence-corrected chi connectivity index (χ2v) is 6.10. The summed E-state index contributed by atoms with van der Waals surface area (Å²) in [5.41, 5.74) is 3.84. The van der Waals surface area contributed by atoms with Crippen molar-refractivity contribution in [1.82, 2.24) is 5.32 Å². The molecule has 0 saturated carbocycles. The number of hydrogen-bond donors (Lipinski definition) is 1. The van der Waals surface area contributed by atoms with E-state index >= 15 is 0 Å². The summed E-state index contributed by atoms with van der Waals surface area (Å²) in [5.74, 6) is 1.71. The summed E-state index contributed by atoms with van der Waals surface area (Å²) >= 11 is 0. The molecule has 3 nitrogen and oxygen atoms in total. The first-order chi connectivity index (χ1) is 10.2. The van der Waals surface area contributed by atoms with E-state index in [1.54, 1.807) is 0 Å². The summed E-state index contributed by atoms with van der Waals surface area (Å²) in [6, 6.07) is 4.49. The molecular weight excluding hydrogens is 262 g/mol. The average molecular weight is 291 g/mol. The van der Waals surface area contributed by atoms with Crippen LogP contribution in [0.2, 0.25) is 0 Å². The van der Waals surface area contributed by atoms with Crippen LogP contribution in [0.3, 0.4) is 0 Å². The average Bonchev–Trinajstić information content (AvgIpc) is 2.48. The van der Waals surface area contributed by atoms with Crippen LogP contribution >= 0.6 is 0 Å². The molecule has 118 valence electrons. The van der Waals surface area contributed by atoms with Crippen LogP contribution in [0.25, 0.3) is 0 Å². The van der Waals surface area contributed by atoms with E-state index in [9.17, 15) is 0 Å². The van der Waals surface area contributed by atoms with Crippen molar-refractivity contribution in [3.05, 3.63) is 28.8 Å². The zero-order valence-electron chi connectivity index (χ0n) is 13.7. The molecule has 1 aliphatic heterocycles. The van der Waals surface area contributed by atoms with Gasteiger partial charge in [-0.25, -0.2) is 0 Å². The van der Waals surface area contributed by atoms with Crippen LogP contribution in [-0.4, -0.2) is 26.4 Å². The number of benzene rings is 1.